The summed E-state index contributed by atoms with van der Waals surface area (Å²) in [4.78, 5) is 0. The fraction of sp³-hybridized carbons (Fsp3) is 0.571. The minimum atomic E-state index is 0.103. The molecule has 0 aromatic rings. The van der Waals surface area contributed by atoms with Crippen LogP contribution in [0.15, 0.2) is 11.6 Å². The Hall–Kier alpha value is -0.810. The number of hydrogen-bond donors (Lipinski definition) is 1. The third-order valence-corrected chi connectivity index (χ3v) is 0.998. The van der Waals surface area contributed by atoms with Gasteiger partial charge in [0.1, 0.15) is 0 Å². The first-order valence-electron chi connectivity index (χ1n) is 2.94. The van der Waals surface area contributed by atoms with Crippen molar-refractivity contribution >= 4 is 0 Å². The van der Waals surface area contributed by atoms with Crippen LogP contribution < -0.4 is 0 Å². The van der Waals surface area contributed by atoms with Crippen molar-refractivity contribution in [1.29, 1.82) is 5.26 Å². The van der Waals surface area contributed by atoms with Crippen molar-refractivity contribution in [2.24, 2.45) is 0 Å². The van der Waals surface area contributed by atoms with E-state index in [4.69, 9.17) is 10.4 Å². The Balaban J connectivity index is 3.35. The third-order valence-electron chi connectivity index (χ3n) is 0.998. The van der Waals surface area contributed by atoms with Gasteiger partial charge in [-0.2, -0.15) is 5.26 Å². The van der Waals surface area contributed by atoms with Gasteiger partial charge in [-0.1, -0.05) is 11.6 Å². The molecule has 0 unspecified atom stereocenters. The van der Waals surface area contributed by atoms with E-state index in [2.05, 4.69) is 0 Å². The summed E-state index contributed by atoms with van der Waals surface area (Å²) in [5.74, 6) is 0. The van der Waals surface area contributed by atoms with Gasteiger partial charge in [0.05, 0.1) is 12.7 Å². The van der Waals surface area contributed by atoms with Crippen molar-refractivity contribution in [3.05, 3.63) is 11.6 Å². The lowest BCUT2D eigenvalue weighted by atomic mass is 10.2. The molecule has 0 amide bonds. The van der Waals surface area contributed by atoms with Crippen LogP contribution in [0.25, 0.3) is 0 Å². The van der Waals surface area contributed by atoms with Crippen LogP contribution in [0.2, 0.25) is 0 Å². The molecule has 50 valence electrons. The second-order valence-corrected chi connectivity index (χ2v) is 1.91. The van der Waals surface area contributed by atoms with Gasteiger partial charge < -0.3 is 5.11 Å². The molecule has 0 aliphatic rings. The molecule has 0 saturated carbocycles. The predicted octanol–water partition coefficient (Wildman–Crippen LogP) is 1.23. The molecular weight excluding hydrogens is 114 g/mol. The van der Waals surface area contributed by atoms with E-state index in [1.54, 1.807) is 0 Å². The van der Waals surface area contributed by atoms with Crippen LogP contribution >= 0.6 is 0 Å². The first-order chi connectivity index (χ1) is 4.31. The quantitative estimate of drug-likeness (QED) is 0.455. The molecule has 0 aromatic heterocycles. The van der Waals surface area contributed by atoms with Crippen molar-refractivity contribution in [3.8, 4) is 6.07 Å². The lowest BCUT2D eigenvalue weighted by molar-refractivity contribution is 0.331. The second-order valence-electron chi connectivity index (χ2n) is 1.91. The zero-order chi connectivity index (χ0) is 7.11. The molecule has 0 radical (unpaired) electrons. The summed E-state index contributed by atoms with van der Waals surface area (Å²) in [5, 5.41) is 16.6. The van der Waals surface area contributed by atoms with Crippen molar-refractivity contribution in [2.45, 2.75) is 19.8 Å². The van der Waals surface area contributed by atoms with E-state index in [0.29, 0.717) is 6.42 Å². The number of hydrogen-bond acceptors (Lipinski definition) is 2. The maximum absolute atomic E-state index is 8.48. The van der Waals surface area contributed by atoms with E-state index in [1.165, 1.54) is 0 Å². The van der Waals surface area contributed by atoms with E-state index < -0.39 is 0 Å². The maximum atomic E-state index is 8.48. The first-order valence-corrected chi connectivity index (χ1v) is 2.94. The monoisotopic (exact) mass is 125 g/mol. The number of unbranched alkanes of at least 4 members (excludes halogenated alkanes) is 1. The Morgan fingerprint density at radius 3 is 2.89 bits per heavy atom. The highest BCUT2D eigenvalue weighted by atomic mass is 16.3. The minimum Gasteiger partial charge on any atom is -0.392 e. The number of nitrogens with zero attached hydrogens (tertiary/aromatic N) is 1. The molecule has 0 spiro atoms. The van der Waals surface area contributed by atoms with Gasteiger partial charge in [-0.3, -0.25) is 0 Å². The van der Waals surface area contributed by atoms with Crippen LogP contribution in [-0.4, -0.2) is 11.7 Å². The van der Waals surface area contributed by atoms with Gasteiger partial charge in [0.15, 0.2) is 0 Å². The molecule has 0 fully saturated rings. The van der Waals surface area contributed by atoms with Crippen molar-refractivity contribution in [1.82, 2.24) is 0 Å². The normalized spacial score (nSPS) is 11.0. The zero-order valence-electron chi connectivity index (χ0n) is 5.59. The van der Waals surface area contributed by atoms with Gasteiger partial charge in [-0.05, 0) is 13.3 Å². The van der Waals surface area contributed by atoms with Crippen molar-refractivity contribution < 1.29 is 5.11 Å². The van der Waals surface area contributed by atoms with Crippen LogP contribution in [0.3, 0.4) is 0 Å². The number of aliphatic hydroxyl groups is 1. The highest BCUT2D eigenvalue weighted by Gasteiger charge is 1.83. The first kappa shape index (κ1) is 8.19. The highest BCUT2D eigenvalue weighted by Crippen LogP contribution is 1.95. The molecule has 1 N–H and O–H groups in total. The van der Waals surface area contributed by atoms with Crippen LogP contribution in [0.5, 0.6) is 0 Å². The lowest BCUT2D eigenvalue weighted by Gasteiger charge is -1.90. The second kappa shape index (κ2) is 5.33. The SMILES string of the molecule is C/C(=C\CCC#N)CO. The predicted molar refractivity (Wildman–Crippen MR) is 35.7 cm³/mol. The van der Waals surface area contributed by atoms with Gasteiger partial charge in [0, 0.05) is 6.42 Å². The van der Waals surface area contributed by atoms with Crippen LogP contribution in [-0.2, 0) is 0 Å². The Morgan fingerprint density at radius 2 is 2.44 bits per heavy atom. The third kappa shape index (κ3) is 5.05. The van der Waals surface area contributed by atoms with Gasteiger partial charge in [0.2, 0.25) is 0 Å². The van der Waals surface area contributed by atoms with Crippen LogP contribution in [0, 0.1) is 11.3 Å². The summed E-state index contributed by atoms with van der Waals surface area (Å²) in [6.45, 7) is 1.95. The Labute approximate surface area is 55.4 Å². The summed E-state index contributed by atoms with van der Waals surface area (Å²) in [6, 6.07) is 2.02. The molecule has 2 heteroatoms. The summed E-state index contributed by atoms with van der Waals surface area (Å²) < 4.78 is 0. The molecule has 0 bridgehead atoms. The summed E-state index contributed by atoms with van der Waals surface area (Å²) in [6.07, 6.45) is 3.17. The highest BCUT2D eigenvalue weighted by molar-refractivity contribution is 4.98. The lowest BCUT2D eigenvalue weighted by Crippen LogP contribution is -1.82. The molecular formula is C7H11NO. The molecule has 0 rings (SSSR count). The maximum Gasteiger partial charge on any atom is 0.0639 e. The minimum absolute atomic E-state index is 0.103. The van der Waals surface area contributed by atoms with E-state index in [0.717, 1.165) is 12.0 Å². The molecule has 0 aliphatic heterocycles. The molecule has 0 atom stereocenters. The molecule has 0 aromatic carbocycles. The van der Waals surface area contributed by atoms with Crippen molar-refractivity contribution in [3.63, 3.8) is 0 Å². The fourth-order valence-corrected chi connectivity index (χ4v) is 0.448. The van der Waals surface area contributed by atoms with Gasteiger partial charge >= 0.3 is 0 Å². The smallest absolute Gasteiger partial charge is 0.0639 e. The molecule has 0 heterocycles. The summed E-state index contributed by atoms with van der Waals surface area (Å²) in [7, 11) is 0. The number of aliphatic hydroxyl groups excluding tert-OH is 1. The Bertz CT molecular complexity index is 132. The van der Waals surface area contributed by atoms with E-state index in [1.807, 2.05) is 19.1 Å². The summed E-state index contributed by atoms with van der Waals surface area (Å²) in [5.41, 5.74) is 0.935. The average Bonchev–Trinajstić information content (AvgIpc) is 1.89. The Morgan fingerprint density at radius 1 is 1.78 bits per heavy atom. The number of nitriles is 1. The van der Waals surface area contributed by atoms with Crippen molar-refractivity contribution in [2.75, 3.05) is 6.61 Å². The fourth-order valence-electron chi connectivity index (χ4n) is 0.448. The van der Waals surface area contributed by atoms with Gasteiger partial charge in [0.25, 0.3) is 0 Å². The van der Waals surface area contributed by atoms with E-state index in [9.17, 15) is 0 Å². The molecule has 2 nitrogen and oxygen atoms in total. The molecule has 0 aliphatic carbocycles. The average molecular weight is 125 g/mol. The van der Waals surface area contributed by atoms with Crippen LogP contribution in [0.4, 0.5) is 0 Å². The molecule has 9 heavy (non-hydrogen) atoms. The van der Waals surface area contributed by atoms with Crippen LogP contribution in [0.1, 0.15) is 19.8 Å². The standard InChI is InChI=1S/C7H11NO/c1-7(6-9)4-2-3-5-8/h4,9H,2-3,6H2,1H3/b7-4+. The largest absolute Gasteiger partial charge is 0.392 e. The van der Waals surface area contributed by atoms with Gasteiger partial charge in [-0.15, -0.1) is 0 Å². The van der Waals surface area contributed by atoms with E-state index >= 15 is 0 Å². The number of rotatable bonds is 3. The summed E-state index contributed by atoms with van der Waals surface area (Å²) >= 11 is 0. The molecule has 0 saturated heterocycles. The number of allylic oxidation sites excluding steroid dienone is 1. The Kier molecular flexibility index (Phi) is 4.85. The zero-order valence-corrected chi connectivity index (χ0v) is 5.59. The topological polar surface area (TPSA) is 44.0 Å². The van der Waals surface area contributed by atoms with Gasteiger partial charge in [-0.25, -0.2) is 0 Å². The van der Waals surface area contributed by atoms with E-state index in [-0.39, 0.29) is 6.61 Å².